The molecule has 0 saturated heterocycles. The summed E-state index contributed by atoms with van der Waals surface area (Å²) in [6.07, 6.45) is 0. The second-order valence-electron chi connectivity index (χ2n) is 5.97. The van der Waals surface area contributed by atoms with Crippen LogP contribution in [0.5, 0.6) is 11.5 Å². The Kier molecular flexibility index (Phi) is 5.89. The van der Waals surface area contributed by atoms with Gasteiger partial charge >= 0.3 is 11.9 Å². The number of Topliss-reactive ketones (excluding diaryl/α,β-unsaturated/α-hetero) is 1. The van der Waals surface area contributed by atoms with Gasteiger partial charge in [0.15, 0.2) is 18.1 Å². The number of aromatic nitrogens is 1. The molecule has 0 bridgehead atoms. The minimum absolute atomic E-state index is 0.138. The van der Waals surface area contributed by atoms with Gasteiger partial charge in [-0.05, 0) is 44.9 Å². The summed E-state index contributed by atoms with van der Waals surface area (Å²) in [7, 11) is 0. The highest BCUT2D eigenvalue weighted by Gasteiger charge is 2.24. The van der Waals surface area contributed by atoms with Crippen LogP contribution in [0.4, 0.5) is 0 Å². The number of benzene rings is 1. The molecule has 0 saturated carbocycles. The zero-order chi connectivity index (χ0) is 20.3. The maximum Gasteiger partial charge on any atom is 0.342 e. The number of esters is 2. The number of phenolic OH excluding ortho intramolecular Hbond substituents is 2. The van der Waals surface area contributed by atoms with Gasteiger partial charge in [-0.15, -0.1) is 0 Å². The molecule has 1 heterocycles. The summed E-state index contributed by atoms with van der Waals surface area (Å²) in [6.45, 7) is 6.07. The van der Waals surface area contributed by atoms with Crippen molar-refractivity contribution in [3.8, 4) is 11.5 Å². The lowest BCUT2D eigenvalue weighted by molar-refractivity contribution is 0.0468. The van der Waals surface area contributed by atoms with E-state index in [0.29, 0.717) is 16.8 Å². The summed E-state index contributed by atoms with van der Waals surface area (Å²) in [5.74, 6) is -3.08. The number of carbonyl (C=O) groups is 3. The third kappa shape index (κ3) is 3.94. The molecule has 0 unspecified atom stereocenters. The Bertz CT molecular complexity index is 911. The zero-order valence-corrected chi connectivity index (χ0v) is 15.5. The molecule has 0 aliphatic heterocycles. The molecule has 0 atom stereocenters. The van der Waals surface area contributed by atoms with Crippen LogP contribution < -0.4 is 0 Å². The van der Waals surface area contributed by atoms with E-state index in [9.17, 15) is 24.6 Å². The van der Waals surface area contributed by atoms with Crippen molar-refractivity contribution in [2.24, 2.45) is 0 Å². The van der Waals surface area contributed by atoms with E-state index in [1.165, 1.54) is 12.1 Å². The van der Waals surface area contributed by atoms with Crippen molar-refractivity contribution in [3.05, 3.63) is 45.8 Å². The van der Waals surface area contributed by atoms with E-state index in [2.05, 4.69) is 4.98 Å². The maximum atomic E-state index is 12.4. The Labute approximate surface area is 155 Å². The van der Waals surface area contributed by atoms with E-state index in [0.717, 1.165) is 0 Å². The minimum Gasteiger partial charge on any atom is -0.504 e. The maximum absolute atomic E-state index is 12.4. The van der Waals surface area contributed by atoms with Crippen LogP contribution >= 0.6 is 0 Å². The number of nitrogens with one attached hydrogen (secondary N) is 1. The van der Waals surface area contributed by atoms with Gasteiger partial charge < -0.3 is 24.7 Å². The van der Waals surface area contributed by atoms with Gasteiger partial charge in [0.1, 0.15) is 5.56 Å². The van der Waals surface area contributed by atoms with Crippen molar-refractivity contribution >= 4 is 17.7 Å². The molecule has 2 rings (SSSR count). The van der Waals surface area contributed by atoms with Crippen LogP contribution in [0, 0.1) is 20.8 Å². The summed E-state index contributed by atoms with van der Waals surface area (Å²) in [4.78, 5) is 39.3. The highest BCUT2D eigenvalue weighted by molar-refractivity contribution is 6.03. The molecule has 0 aliphatic carbocycles. The monoisotopic (exact) mass is 375 g/mol. The van der Waals surface area contributed by atoms with Crippen molar-refractivity contribution in [2.75, 3.05) is 13.2 Å². The second kappa shape index (κ2) is 7.94. The molecule has 0 spiro atoms. The number of ketones is 1. The predicted molar refractivity (Wildman–Crippen MR) is 95.3 cm³/mol. The molecule has 8 heteroatoms. The standard InChI is InChI=1S/C19H21NO7/c1-5-26-19(25)14-10(3)15(20-11(14)4)13(21)8-27-18(24)12-7-6-9(2)16(22)17(12)23/h6-7,20,22-23H,5,8H2,1-4H3. The van der Waals surface area contributed by atoms with Gasteiger partial charge in [0.2, 0.25) is 5.78 Å². The van der Waals surface area contributed by atoms with Crippen LogP contribution in [0.25, 0.3) is 0 Å². The number of H-pyrrole nitrogens is 1. The average molecular weight is 375 g/mol. The number of phenols is 2. The van der Waals surface area contributed by atoms with Gasteiger partial charge in [-0.2, -0.15) is 0 Å². The minimum atomic E-state index is -0.956. The summed E-state index contributed by atoms with van der Waals surface area (Å²) in [6, 6.07) is 2.73. The number of ether oxygens (including phenoxy) is 2. The number of aryl methyl sites for hydroxylation is 2. The Morgan fingerprint density at radius 2 is 1.67 bits per heavy atom. The normalized spacial score (nSPS) is 10.5. The van der Waals surface area contributed by atoms with E-state index in [4.69, 9.17) is 9.47 Å². The van der Waals surface area contributed by atoms with Crippen molar-refractivity contribution in [3.63, 3.8) is 0 Å². The van der Waals surface area contributed by atoms with Crippen LogP contribution in [0.3, 0.4) is 0 Å². The van der Waals surface area contributed by atoms with Crippen molar-refractivity contribution in [2.45, 2.75) is 27.7 Å². The summed E-state index contributed by atoms with van der Waals surface area (Å²) >= 11 is 0. The quantitative estimate of drug-likeness (QED) is 0.402. The number of aromatic hydroxyl groups is 2. The van der Waals surface area contributed by atoms with Gasteiger partial charge in [-0.3, -0.25) is 4.79 Å². The van der Waals surface area contributed by atoms with Gasteiger partial charge in [-0.25, -0.2) is 9.59 Å². The molecular weight excluding hydrogens is 354 g/mol. The SMILES string of the molecule is CCOC(=O)c1c(C)[nH]c(C(=O)COC(=O)c2ccc(C)c(O)c2O)c1C. The van der Waals surface area contributed by atoms with Gasteiger partial charge in [-0.1, -0.05) is 6.07 Å². The van der Waals surface area contributed by atoms with E-state index in [1.54, 1.807) is 27.7 Å². The summed E-state index contributed by atoms with van der Waals surface area (Å²) in [5, 5.41) is 19.5. The first-order chi connectivity index (χ1) is 12.7. The first-order valence-corrected chi connectivity index (χ1v) is 8.27. The molecular formula is C19H21NO7. The Morgan fingerprint density at radius 3 is 2.30 bits per heavy atom. The third-order valence-corrected chi connectivity index (χ3v) is 4.10. The number of hydrogen-bond donors (Lipinski definition) is 3. The summed E-state index contributed by atoms with van der Waals surface area (Å²) < 4.78 is 9.90. The van der Waals surface area contributed by atoms with Crippen molar-refractivity contribution in [1.82, 2.24) is 4.98 Å². The average Bonchev–Trinajstić information content (AvgIpc) is 2.92. The fourth-order valence-electron chi connectivity index (χ4n) is 2.66. The molecule has 3 N–H and O–H groups in total. The largest absolute Gasteiger partial charge is 0.504 e. The lowest BCUT2D eigenvalue weighted by Gasteiger charge is -2.08. The molecule has 2 aromatic rings. The van der Waals surface area contributed by atoms with E-state index >= 15 is 0 Å². The number of rotatable bonds is 6. The van der Waals surface area contributed by atoms with Gasteiger partial charge in [0.05, 0.1) is 17.9 Å². The lowest BCUT2D eigenvalue weighted by Crippen LogP contribution is -2.16. The van der Waals surface area contributed by atoms with E-state index < -0.39 is 35.8 Å². The van der Waals surface area contributed by atoms with Crippen LogP contribution in [0.15, 0.2) is 12.1 Å². The van der Waals surface area contributed by atoms with Gasteiger partial charge in [0.25, 0.3) is 0 Å². The molecule has 27 heavy (non-hydrogen) atoms. The zero-order valence-electron chi connectivity index (χ0n) is 15.5. The van der Waals surface area contributed by atoms with Crippen LogP contribution in [0.1, 0.15) is 54.9 Å². The third-order valence-electron chi connectivity index (χ3n) is 4.10. The number of aromatic amines is 1. The Hall–Kier alpha value is -3.29. The first kappa shape index (κ1) is 20.0. The number of hydrogen-bond acceptors (Lipinski definition) is 7. The summed E-state index contributed by atoms with van der Waals surface area (Å²) in [5.41, 5.74) is 1.43. The fraction of sp³-hybridized carbons (Fsp3) is 0.316. The molecule has 0 fully saturated rings. The molecule has 1 aromatic carbocycles. The Balaban J connectivity index is 2.15. The predicted octanol–water partition coefficient (Wildman–Crippen LogP) is 2.57. The van der Waals surface area contributed by atoms with E-state index in [1.807, 2.05) is 0 Å². The van der Waals surface area contributed by atoms with E-state index in [-0.39, 0.29) is 23.4 Å². The smallest absolute Gasteiger partial charge is 0.342 e. The van der Waals surface area contributed by atoms with Crippen molar-refractivity contribution < 1.29 is 34.1 Å². The van der Waals surface area contributed by atoms with Gasteiger partial charge in [0, 0.05) is 5.69 Å². The first-order valence-electron chi connectivity index (χ1n) is 8.27. The van der Waals surface area contributed by atoms with Crippen LogP contribution in [-0.2, 0) is 9.47 Å². The fourth-order valence-corrected chi connectivity index (χ4v) is 2.66. The highest BCUT2D eigenvalue weighted by Crippen LogP contribution is 2.32. The molecule has 0 amide bonds. The number of carbonyl (C=O) groups excluding carboxylic acids is 3. The molecule has 144 valence electrons. The lowest BCUT2D eigenvalue weighted by atomic mass is 10.1. The molecule has 0 radical (unpaired) electrons. The Morgan fingerprint density at radius 1 is 1.00 bits per heavy atom. The van der Waals surface area contributed by atoms with Crippen molar-refractivity contribution in [1.29, 1.82) is 0 Å². The highest BCUT2D eigenvalue weighted by atomic mass is 16.5. The topological polar surface area (TPSA) is 126 Å². The van der Waals surface area contributed by atoms with Crippen LogP contribution in [0.2, 0.25) is 0 Å². The molecule has 8 nitrogen and oxygen atoms in total. The molecule has 0 aliphatic rings. The van der Waals surface area contributed by atoms with Crippen LogP contribution in [-0.4, -0.2) is 46.1 Å². The second-order valence-corrected chi connectivity index (χ2v) is 5.97. The molecule has 1 aromatic heterocycles.